The number of carbonyl (C=O) groups excluding carboxylic acids is 2. The largest absolute Gasteiger partial charge is 0.493 e. The monoisotopic (exact) mass is 364 g/mol. The Labute approximate surface area is 154 Å². The SMILES string of the molecule is COCCOCC(=O)NC1CCN(C(=O)CCOc2ccccc2)CC1. The number of nitrogens with zero attached hydrogens (tertiary/aromatic N) is 1. The summed E-state index contributed by atoms with van der Waals surface area (Å²) >= 11 is 0. The average Bonchev–Trinajstić information content (AvgIpc) is 2.66. The summed E-state index contributed by atoms with van der Waals surface area (Å²) in [6, 6.07) is 9.57. The maximum Gasteiger partial charge on any atom is 0.246 e. The van der Waals surface area contributed by atoms with E-state index in [2.05, 4.69) is 5.32 Å². The van der Waals surface area contributed by atoms with Crippen LogP contribution in [0.5, 0.6) is 5.75 Å². The fraction of sp³-hybridized carbons (Fsp3) is 0.579. The van der Waals surface area contributed by atoms with E-state index >= 15 is 0 Å². The van der Waals surface area contributed by atoms with E-state index < -0.39 is 0 Å². The fourth-order valence-electron chi connectivity index (χ4n) is 2.78. The number of carbonyl (C=O) groups is 2. The van der Waals surface area contributed by atoms with Crippen LogP contribution in [0.2, 0.25) is 0 Å². The molecule has 2 amide bonds. The Morgan fingerprint density at radius 2 is 1.85 bits per heavy atom. The summed E-state index contributed by atoms with van der Waals surface area (Å²) in [5.74, 6) is 0.741. The Balaban J connectivity index is 1.58. The third-order valence-electron chi connectivity index (χ3n) is 4.21. The van der Waals surface area contributed by atoms with E-state index in [0.717, 1.165) is 18.6 Å². The third kappa shape index (κ3) is 7.41. The van der Waals surface area contributed by atoms with Crippen molar-refractivity contribution in [1.29, 1.82) is 0 Å². The van der Waals surface area contributed by atoms with Gasteiger partial charge in [-0.25, -0.2) is 0 Å². The molecule has 1 saturated heterocycles. The highest BCUT2D eigenvalue weighted by molar-refractivity contribution is 5.78. The first kappa shape index (κ1) is 20.2. The molecular formula is C19H28N2O5. The van der Waals surface area contributed by atoms with Gasteiger partial charge >= 0.3 is 0 Å². The molecule has 0 atom stereocenters. The lowest BCUT2D eigenvalue weighted by Crippen LogP contribution is -2.47. The number of methoxy groups -OCH3 is 1. The zero-order valence-electron chi connectivity index (χ0n) is 15.3. The fourth-order valence-corrected chi connectivity index (χ4v) is 2.78. The van der Waals surface area contributed by atoms with Crippen LogP contribution in [0.4, 0.5) is 0 Å². The van der Waals surface area contributed by atoms with E-state index in [1.165, 1.54) is 0 Å². The number of hydrogen-bond acceptors (Lipinski definition) is 5. The maximum atomic E-state index is 12.2. The van der Waals surface area contributed by atoms with Crippen LogP contribution in [0.3, 0.4) is 0 Å². The van der Waals surface area contributed by atoms with Crippen molar-refractivity contribution in [3.8, 4) is 5.75 Å². The molecule has 1 aliphatic heterocycles. The van der Waals surface area contributed by atoms with Crippen molar-refractivity contribution in [2.75, 3.05) is 46.6 Å². The van der Waals surface area contributed by atoms with Gasteiger partial charge < -0.3 is 24.4 Å². The summed E-state index contributed by atoms with van der Waals surface area (Å²) in [6.45, 7) is 2.60. The molecule has 0 unspecified atom stereocenters. The molecule has 0 radical (unpaired) electrons. The minimum absolute atomic E-state index is 0.0410. The van der Waals surface area contributed by atoms with Gasteiger partial charge in [0.2, 0.25) is 11.8 Å². The molecule has 1 aromatic rings. The van der Waals surface area contributed by atoms with Crippen molar-refractivity contribution in [3.05, 3.63) is 30.3 Å². The van der Waals surface area contributed by atoms with Crippen molar-refractivity contribution in [1.82, 2.24) is 10.2 Å². The molecule has 0 aromatic heterocycles. The molecule has 26 heavy (non-hydrogen) atoms. The maximum absolute atomic E-state index is 12.2. The molecule has 1 heterocycles. The highest BCUT2D eigenvalue weighted by Gasteiger charge is 2.23. The molecule has 144 valence electrons. The zero-order valence-corrected chi connectivity index (χ0v) is 15.3. The standard InChI is InChI=1S/C19H28N2O5/c1-24-13-14-25-15-18(22)20-16-7-10-21(11-8-16)19(23)9-12-26-17-5-3-2-4-6-17/h2-6,16H,7-15H2,1H3,(H,20,22). The number of amides is 2. The predicted molar refractivity (Wildman–Crippen MR) is 97.0 cm³/mol. The van der Waals surface area contributed by atoms with Crippen LogP contribution in [0.25, 0.3) is 0 Å². The van der Waals surface area contributed by atoms with Crippen LogP contribution in [-0.4, -0.2) is 69.4 Å². The molecule has 0 saturated carbocycles. The number of para-hydroxylation sites is 1. The number of likely N-dealkylation sites (tertiary alicyclic amines) is 1. The van der Waals surface area contributed by atoms with Crippen LogP contribution in [0, 0.1) is 0 Å². The number of hydrogen-bond donors (Lipinski definition) is 1. The van der Waals surface area contributed by atoms with Crippen LogP contribution >= 0.6 is 0 Å². The van der Waals surface area contributed by atoms with E-state index in [4.69, 9.17) is 14.2 Å². The Morgan fingerprint density at radius 1 is 1.12 bits per heavy atom. The van der Waals surface area contributed by atoms with Gasteiger partial charge in [-0.2, -0.15) is 0 Å². The second kappa shape index (κ2) is 11.5. The minimum atomic E-state index is -0.123. The Bertz CT molecular complexity index is 544. The second-order valence-electron chi connectivity index (χ2n) is 6.18. The van der Waals surface area contributed by atoms with E-state index in [0.29, 0.717) is 39.3 Å². The normalized spacial score (nSPS) is 14.9. The summed E-state index contributed by atoms with van der Waals surface area (Å²) in [5, 5.41) is 2.95. The highest BCUT2D eigenvalue weighted by Crippen LogP contribution is 2.13. The number of ether oxygens (including phenoxy) is 3. The lowest BCUT2D eigenvalue weighted by molar-refractivity contribution is -0.133. The van der Waals surface area contributed by atoms with Gasteiger partial charge in [0.15, 0.2) is 0 Å². The van der Waals surface area contributed by atoms with Crippen molar-refractivity contribution >= 4 is 11.8 Å². The smallest absolute Gasteiger partial charge is 0.246 e. The molecule has 1 N–H and O–H groups in total. The van der Waals surface area contributed by atoms with E-state index in [-0.39, 0.29) is 24.5 Å². The zero-order chi connectivity index (χ0) is 18.6. The van der Waals surface area contributed by atoms with Gasteiger partial charge in [-0.3, -0.25) is 9.59 Å². The number of rotatable bonds is 10. The summed E-state index contributed by atoms with van der Waals surface area (Å²) in [6.07, 6.45) is 1.88. The van der Waals surface area contributed by atoms with Gasteiger partial charge in [0.25, 0.3) is 0 Å². The summed E-state index contributed by atoms with van der Waals surface area (Å²) in [5.41, 5.74) is 0. The van der Waals surface area contributed by atoms with Gasteiger partial charge in [-0.15, -0.1) is 0 Å². The average molecular weight is 364 g/mol. The van der Waals surface area contributed by atoms with Gasteiger partial charge in [-0.05, 0) is 25.0 Å². The molecule has 1 fully saturated rings. The van der Waals surface area contributed by atoms with Crippen LogP contribution in [0.1, 0.15) is 19.3 Å². The molecule has 7 nitrogen and oxygen atoms in total. The number of piperidine rings is 1. The lowest BCUT2D eigenvalue weighted by Gasteiger charge is -2.32. The quantitative estimate of drug-likeness (QED) is 0.632. The predicted octanol–water partition coefficient (Wildman–Crippen LogP) is 1.23. The van der Waals surface area contributed by atoms with Gasteiger partial charge in [0, 0.05) is 26.2 Å². The molecular weight excluding hydrogens is 336 g/mol. The molecule has 1 aliphatic rings. The second-order valence-corrected chi connectivity index (χ2v) is 6.18. The van der Waals surface area contributed by atoms with E-state index in [1.807, 2.05) is 35.2 Å². The van der Waals surface area contributed by atoms with Crippen molar-refractivity contribution < 1.29 is 23.8 Å². The molecule has 2 rings (SSSR count). The Morgan fingerprint density at radius 3 is 2.54 bits per heavy atom. The van der Waals surface area contributed by atoms with Gasteiger partial charge in [0.1, 0.15) is 12.4 Å². The Kier molecular flexibility index (Phi) is 8.92. The summed E-state index contributed by atoms with van der Waals surface area (Å²) in [4.78, 5) is 25.9. The molecule has 0 aliphatic carbocycles. The van der Waals surface area contributed by atoms with E-state index in [1.54, 1.807) is 7.11 Å². The van der Waals surface area contributed by atoms with Crippen LogP contribution in [0.15, 0.2) is 30.3 Å². The summed E-state index contributed by atoms with van der Waals surface area (Å²) < 4.78 is 15.6. The lowest BCUT2D eigenvalue weighted by atomic mass is 10.0. The van der Waals surface area contributed by atoms with Crippen molar-refractivity contribution in [2.45, 2.75) is 25.3 Å². The highest BCUT2D eigenvalue weighted by atomic mass is 16.5. The third-order valence-corrected chi connectivity index (χ3v) is 4.21. The number of benzene rings is 1. The number of nitrogens with one attached hydrogen (secondary N) is 1. The topological polar surface area (TPSA) is 77.1 Å². The first-order valence-corrected chi connectivity index (χ1v) is 9.00. The minimum Gasteiger partial charge on any atom is -0.493 e. The Hall–Kier alpha value is -2.12. The first-order valence-electron chi connectivity index (χ1n) is 9.00. The van der Waals surface area contributed by atoms with E-state index in [9.17, 15) is 9.59 Å². The molecule has 0 bridgehead atoms. The van der Waals surface area contributed by atoms with Crippen LogP contribution < -0.4 is 10.1 Å². The first-order chi connectivity index (χ1) is 12.7. The van der Waals surface area contributed by atoms with Gasteiger partial charge in [0.05, 0.1) is 26.2 Å². The molecule has 0 spiro atoms. The molecule has 7 heteroatoms. The van der Waals surface area contributed by atoms with Crippen molar-refractivity contribution in [2.24, 2.45) is 0 Å². The van der Waals surface area contributed by atoms with Crippen LogP contribution in [-0.2, 0) is 19.1 Å². The summed E-state index contributed by atoms with van der Waals surface area (Å²) in [7, 11) is 1.59. The van der Waals surface area contributed by atoms with Gasteiger partial charge in [-0.1, -0.05) is 18.2 Å². The molecule has 1 aromatic carbocycles. The van der Waals surface area contributed by atoms with Crippen molar-refractivity contribution in [3.63, 3.8) is 0 Å².